The predicted molar refractivity (Wildman–Crippen MR) is 90.6 cm³/mol. The Morgan fingerprint density at radius 1 is 1.38 bits per heavy atom. The van der Waals surface area contributed by atoms with Gasteiger partial charge in [-0.15, -0.1) is 11.3 Å². The Morgan fingerprint density at radius 2 is 2.17 bits per heavy atom. The van der Waals surface area contributed by atoms with Gasteiger partial charge >= 0.3 is 5.97 Å². The number of nitrogens with zero attached hydrogens (tertiary/aromatic N) is 3. The van der Waals surface area contributed by atoms with E-state index in [1.54, 1.807) is 11.6 Å². The summed E-state index contributed by atoms with van der Waals surface area (Å²) in [5.41, 5.74) is 2.92. The Hall–Kier alpha value is -2.41. The summed E-state index contributed by atoms with van der Waals surface area (Å²) < 4.78 is 9.06. The molecule has 0 aliphatic heterocycles. The quantitative estimate of drug-likeness (QED) is 0.683. The van der Waals surface area contributed by atoms with Crippen LogP contribution in [-0.4, -0.2) is 19.9 Å². The van der Waals surface area contributed by atoms with Crippen molar-refractivity contribution in [1.82, 2.24) is 14.0 Å². The summed E-state index contributed by atoms with van der Waals surface area (Å²) in [4.78, 5) is 29.3. The van der Waals surface area contributed by atoms with Crippen LogP contribution in [0.1, 0.15) is 46.3 Å². The smallest absolute Gasteiger partial charge is 0.340 e. The summed E-state index contributed by atoms with van der Waals surface area (Å²) >= 11 is 1.37. The summed E-state index contributed by atoms with van der Waals surface area (Å²) in [5.74, 6) is -0.372. The molecule has 0 N–H and O–H groups in total. The van der Waals surface area contributed by atoms with Crippen LogP contribution in [0.5, 0.6) is 0 Å². The van der Waals surface area contributed by atoms with Gasteiger partial charge in [0.1, 0.15) is 6.61 Å². The van der Waals surface area contributed by atoms with Gasteiger partial charge in [-0.05, 0) is 32.8 Å². The standard InChI is InChI=1S/C17H17N3O3S/c1-10-7-14(11(2)20(10)13-3-4-13)16(22)23-9-12-8-15(21)19-5-6-24-17(19)18-12/h5-8,13H,3-4,9H2,1-2H3. The van der Waals surface area contributed by atoms with E-state index in [4.69, 9.17) is 4.74 Å². The van der Waals surface area contributed by atoms with Gasteiger partial charge in [-0.25, -0.2) is 9.78 Å². The van der Waals surface area contributed by atoms with Gasteiger partial charge in [0.25, 0.3) is 5.56 Å². The Morgan fingerprint density at radius 3 is 2.92 bits per heavy atom. The van der Waals surface area contributed by atoms with E-state index in [1.807, 2.05) is 19.9 Å². The molecule has 4 rings (SSSR count). The maximum atomic E-state index is 12.4. The van der Waals surface area contributed by atoms with Gasteiger partial charge in [0.2, 0.25) is 0 Å². The molecule has 3 heterocycles. The highest BCUT2D eigenvalue weighted by Gasteiger charge is 2.28. The maximum Gasteiger partial charge on any atom is 0.340 e. The van der Waals surface area contributed by atoms with Crippen molar-refractivity contribution in [3.05, 3.63) is 56.7 Å². The highest BCUT2D eigenvalue weighted by atomic mass is 32.1. The first-order valence-electron chi connectivity index (χ1n) is 7.86. The number of rotatable bonds is 4. The molecule has 0 spiro atoms. The lowest BCUT2D eigenvalue weighted by atomic mass is 10.2. The van der Waals surface area contributed by atoms with Gasteiger partial charge in [0, 0.05) is 35.1 Å². The minimum absolute atomic E-state index is 0.00440. The molecule has 0 aromatic carbocycles. The second kappa shape index (κ2) is 5.59. The highest BCUT2D eigenvalue weighted by Crippen LogP contribution is 2.38. The van der Waals surface area contributed by atoms with Gasteiger partial charge in [-0.2, -0.15) is 0 Å². The van der Waals surface area contributed by atoms with E-state index >= 15 is 0 Å². The van der Waals surface area contributed by atoms with Crippen molar-refractivity contribution < 1.29 is 9.53 Å². The molecule has 3 aromatic heterocycles. The summed E-state index contributed by atoms with van der Waals surface area (Å²) in [6.45, 7) is 3.95. The molecule has 0 radical (unpaired) electrons. The number of hydrogen-bond donors (Lipinski definition) is 0. The number of carbonyl (C=O) groups excluding carboxylic acids is 1. The largest absolute Gasteiger partial charge is 0.456 e. The first-order chi connectivity index (χ1) is 11.5. The fourth-order valence-electron chi connectivity index (χ4n) is 3.06. The van der Waals surface area contributed by atoms with Gasteiger partial charge in [0.05, 0.1) is 11.3 Å². The van der Waals surface area contributed by atoms with Gasteiger partial charge in [-0.3, -0.25) is 9.20 Å². The number of carbonyl (C=O) groups is 1. The second-order valence-electron chi connectivity index (χ2n) is 6.10. The molecule has 0 unspecified atom stereocenters. The molecule has 3 aromatic rings. The molecule has 6 nitrogen and oxygen atoms in total. The van der Waals surface area contributed by atoms with Crippen molar-refractivity contribution in [2.45, 2.75) is 39.3 Å². The average molecular weight is 343 g/mol. The van der Waals surface area contributed by atoms with Crippen molar-refractivity contribution in [2.24, 2.45) is 0 Å². The third-order valence-electron chi connectivity index (χ3n) is 4.32. The lowest BCUT2D eigenvalue weighted by molar-refractivity contribution is 0.0467. The Bertz CT molecular complexity index is 994. The van der Waals surface area contributed by atoms with Crippen molar-refractivity contribution in [2.75, 3.05) is 0 Å². The molecule has 1 aliphatic rings. The van der Waals surface area contributed by atoms with Crippen molar-refractivity contribution in [3.63, 3.8) is 0 Å². The lowest BCUT2D eigenvalue weighted by Gasteiger charge is -2.08. The number of aromatic nitrogens is 3. The van der Waals surface area contributed by atoms with Crippen LogP contribution in [-0.2, 0) is 11.3 Å². The van der Waals surface area contributed by atoms with Crippen LogP contribution in [0.25, 0.3) is 4.96 Å². The number of fused-ring (bicyclic) bond motifs is 1. The van der Waals surface area contributed by atoms with Crippen LogP contribution in [0.15, 0.2) is 28.5 Å². The molecule has 1 fully saturated rings. The van der Waals surface area contributed by atoms with Crippen LogP contribution >= 0.6 is 11.3 Å². The SMILES string of the molecule is Cc1cc(C(=O)OCc2cc(=O)n3ccsc3n2)c(C)n1C1CC1. The predicted octanol–water partition coefficient (Wildman–Crippen LogP) is 2.87. The molecule has 0 amide bonds. The molecule has 7 heteroatoms. The zero-order valence-corrected chi connectivity index (χ0v) is 14.3. The van der Waals surface area contributed by atoms with E-state index in [-0.39, 0.29) is 18.1 Å². The van der Waals surface area contributed by atoms with Crippen molar-refractivity contribution >= 4 is 22.3 Å². The summed E-state index contributed by atoms with van der Waals surface area (Å²) in [5, 5.41) is 1.80. The minimum atomic E-state index is -0.372. The monoisotopic (exact) mass is 343 g/mol. The average Bonchev–Trinajstić information content (AvgIpc) is 3.17. The summed E-state index contributed by atoms with van der Waals surface area (Å²) in [6, 6.07) is 3.80. The Labute approximate surface area is 142 Å². The third kappa shape index (κ3) is 2.54. The Balaban J connectivity index is 1.54. The van der Waals surface area contributed by atoms with Crippen LogP contribution in [0.3, 0.4) is 0 Å². The maximum absolute atomic E-state index is 12.4. The molecule has 0 saturated heterocycles. The second-order valence-corrected chi connectivity index (χ2v) is 6.98. The van der Waals surface area contributed by atoms with Crippen LogP contribution in [0.4, 0.5) is 0 Å². The first kappa shape index (κ1) is 15.1. The van der Waals surface area contributed by atoms with E-state index in [1.165, 1.54) is 34.6 Å². The number of aryl methyl sites for hydroxylation is 1. The molecule has 1 aliphatic carbocycles. The molecule has 0 bridgehead atoms. The summed E-state index contributed by atoms with van der Waals surface area (Å²) in [7, 11) is 0. The fraction of sp³-hybridized carbons (Fsp3) is 0.353. The van der Waals surface area contributed by atoms with Crippen LogP contribution in [0, 0.1) is 13.8 Å². The molecule has 124 valence electrons. The van der Waals surface area contributed by atoms with Crippen molar-refractivity contribution in [1.29, 1.82) is 0 Å². The zero-order chi connectivity index (χ0) is 16.8. The fourth-order valence-corrected chi connectivity index (χ4v) is 3.80. The van der Waals surface area contributed by atoms with Crippen LogP contribution < -0.4 is 5.56 Å². The summed E-state index contributed by atoms with van der Waals surface area (Å²) in [6.07, 6.45) is 4.01. The molecule has 24 heavy (non-hydrogen) atoms. The molecular formula is C17H17N3O3S. The molecule has 1 saturated carbocycles. The van der Waals surface area contributed by atoms with E-state index in [0.717, 1.165) is 11.4 Å². The molecular weight excluding hydrogens is 326 g/mol. The van der Waals surface area contributed by atoms with Gasteiger partial charge in [0.15, 0.2) is 4.96 Å². The van der Waals surface area contributed by atoms with Gasteiger partial charge in [-0.1, -0.05) is 0 Å². The Kier molecular flexibility index (Phi) is 3.53. The normalized spacial score (nSPS) is 14.2. The van der Waals surface area contributed by atoms with Gasteiger partial charge < -0.3 is 9.30 Å². The van der Waals surface area contributed by atoms with E-state index in [0.29, 0.717) is 22.3 Å². The van der Waals surface area contributed by atoms with E-state index < -0.39 is 0 Å². The number of thiazole rings is 1. The molecule has 0 atom stereocenters. The first-order valence-corrected chi connectivity index (χ1v) is 8.74. The number of hydrogen-bond acceptors (Lipinski definition) is 5. The van der Waals surface area contributed by atoms with E-state index in [9.17, 15) is 9.59 Å². The van der Waals surface area contributed by atoms with E-state index in [2.05, 4.69) is 9.55 Å². The minimum Gasteiger partial charge on any atom is -0.456 e. The number of ether oxygens (including phenoxy) is 1. The number of esters is 1. The third-order valence-corrected chi connectivity index (χ3v) is 5.08. The topological polar surface area (TPSA) is 65.6 Å². The zero-order valence-electron chi connectivity index (χ0n) is 13.5. The lowest BCUT2D eigenvalue weighted by Crippen LogP contribution is -2.15. The van der Waals surface area contributed by atoms with Crippen molar-refractivity contribution in [3.8, 4) is 0 Å². The van der Waals surface area contributed by atoms with Crippen LogP contribution in [0.2, 0.25) is 0 Å². The highest BCUT2D eigenvalue weighted by molar-refractivity contribution is 7.15.